The zero-order valence-electron chi connectivity index (χ0n) is 12.4. The van der Waals surface area contributed by atoms with Crippen LogP contribution >= 0.6 is 0 Å². The second-order valence-corrected chi connectivity index (χ2v) is 5.44. The van der Waals surface area contributed by atoms with Gasteiger partial charge in [-0.2, -0.15) is 5.06 Å². The summed E-state index contributed by atoms with van der Waals surface area (Å²) in [6, 6.07) is 8.79. The van der Waals surface area contributed by atoms with Gasteiger partial charge >= 0.3 is 0 Å². The molecule has 0 aromatic heterocycles. The van der Waals surface area contributed by atoms with Crippen LogP contribution in [0.4, 0.5) is 0 Å². The van der Waals surface area contributed by atoms with E-state index in [4.69, 9.17) is 4.84 Å². The summed E-state index contributed by atoms with van der Waals surface area (Å²) in [5.74, 6) is 0.346. The van der Waals surface area contributed by atoms with E-state index in [9.17, 15) is 0 Å². The van der Waals surface area contributed by atoms with Gasteiger partial charge in [-0.05, 0) is 23.1 Å². The molecule has 3 rings (SSSR count). The molecule has 0 bridgehead atoms. The van der Waals surface area contributed by atoms with Crippen LogP contribution in [0.25, 0.3) is 6.08 Å². The SMILES string of the molecule is C=CCCON(C)C1c2ccccc2C=C2C=CC=CC21. The lowest BCUT2D eigenvalue weighted by Gasteiger charge is -2.38. The van der Waals surface area contributed by atoms with Crippen LogP contribution in [0.5, 0.6) is 0 Å². The van der Waals surface area contributed by atoms with Crippen molar-refractivity contribution in [3.8, 4) is 0 Å². The summed E-state index contributed by atoms with van der Waals surface area (Å²) < 4.78 is 0. The van der Waals surface area contributed by atoms with Crippen molar-refractivity contribution in [2.75, 3.05) is 13.7 Å². The highest BCUT2D eigenvalue weighted by atomic mass is 16.7. The molecule has 2 heteroatoms. The van der Waals surface area contributed by atoms with E-state index in [0.29, 0.717) is 12.5 Å². The molecule has 0 N–H and O–H groups in total. The fourth-order valence-corrected chi connectivity index (χ4v) is 3.07. The van der Waals surface area contributed by atoms with Crippen molar-refractivity contribution in [2.24, 2.45) is 5.92 Å². The number of hydrogen-bond acceptors (Lipinski definition) is 2. The van der Waals surface area contributed by atoms with Gasteiger partial charge in [0.15, 0.2) is 0 Å². The van der Waals surface area contributed by atoms with Gasteiger partial charge in [0.25, 0.3) is 0 Å². The molecule has 1 aromatic rings. The summed E-state index contributed by atoms with van der Waals surface area (Å²) in [5, 5.41) is 2.00. The number of fused-ring (bicyclic) bond motifs is 2. The first-order valence-electron chi connectivity index (χ1n) is 7.43. The number of benzene rings is 1. The van der Waals surface area contributed by atoms with Crippen LogP contribution in [0, 0.1) is 5.92 Å². The first-order chi connectivity index (χ1) is 10.3. The molecule has 0 amide bonds. The smallest absolute Gasteiger partial charge is 0.0719 e. The van der Waals surface area contributed by atoms with Gasteiger partial charge in [-0.3, -0.25) is 4.84 Å². The van der Waals surface area contributed by atoms with Crippen molar-refractivity contribution in [2.45, 2.75) is 12.5 Å². The number of hydroxylamine groups is 2. The van der Waals surface area contributed by atoms with E-state index in [-0.39, 0.29) is 6.04 Å². The van der Waals surface area contributed by atoms with E-state index < -0.39 is 0 Å². The van der Waals surface area contributed by atoms with E-state index in [1.165, 1.54) is 16.7 Å². The van der Waals surface area contributed by atoms with Crippen LogP contribution in [0.3, 0.4) is 0 Å². The lowest BCUT2D eigenvalue weighted by molar-refractivity contribution is -0.174. The van der Waals surface area contributed by atoms with Gasteiger partial charge in [0.1, 0.15) is 0 Å². The second-order valence-electron chi connectivity index (χ2n) is 5.44. The van der Waals surface area contributed by atoms with Gasteiger partial charge in [-0.25, -0.2) is 0 Å². The molecule has 1 aromatic carbocycles. The Morgan fingerprint density at radius 2 is 2.14 bits per heavy atom. The highest BCUT2D eigenvalue weighted by Gasteiger charge is 2.33. The highest BCUT2D eigenvalue weighted by molar-refractivity contribution is 5.66. The van der Waals surface area contributed by atoms with Crippen molar-refractivity contribution in [1.29, 1.82) is 0 Å². The quantitative estimate of drug-likeness (QED) is 0.452. The molecule has 0 aliphatic heterocycles. The molecule has 0 heterocycles. The molecule has 108 valence electrons. The van der Waals surface area contributed by atoms with Crippen molar-refractivity contribution in [1.82, 2.24) is 5.06 Å². The average molecular weight is 279 g/mol. The van der Waals surface area contributed by atoms with Crippen LogP contribution in [0.2, 0.25) is 0 Å². The monoisotopic (exact) mass is 279 g/mol. The van der Waals surface area contributed by atoms with E-state index in [1.54, 1.807) is 0 Å². The number of rotatable bonds is 5. The minimum absolute atomic E-state index is 0.215. The van der Waals surface area contributed by atoms with Crippen molar-refractivity contribution in [3.05, 3.63) is 77.9 Å². The molecule has 2 unspecified atom stereocenters. The summed E-state index contributed by atoms with van der Waals surface area (Å²) in [6.45, 7) is 4.41. The van der Waals surface area contributed by atoms with E-state index in [0.717, 1.165) is 6.42 Å². The first-order valence-corrected chi connectivity index (χ1v) is 7.43. The van der Waals surface area contributed by atoms with Crippen LogP contribution < -0.4 is 0 Å². The zero-order chi connectivity index (χ0) is 14.7. The minimum Gasteiger partial charge on any atom is -0.298 e. The van der Waals surface area contributed by atoms with Gasteiger partial charge in [-0.1, -0.05) is 60.7 Å². The molecular formula is C19H21NO. The Bertz CT molecular complexity index is 612. The Morgan fingerprint density at radius 3 is 3.00 bits per heavy atom. The molecule has 2 aliphatic carbocycles. The fraction of sp³-hybridized carbons (Fsp3) is 0.263. The first kappa shape index (κ1) is 14.1. The van der Waals surface area contributed by atoms with Gasteiger partial charge in [-0.15, -0.1) is 6.58 Å². The van der Waals surface area contributed by atoms with Gasteiger partial charge in [0.05, 0.1) is 12.6 Å². The molecule has 2 atom stereocenters. The highest BCUT2D eigenvalue weighted by Crippen LogP contribution is 2.42. The van der Waals surface area contributed by atoms with E-state index in [1.807, 2.05) is 18.2 Å². The standard InChI is InChI=1S/C19H21NO/c1-3-4-13-21-20(2)19-17-11-7-5-9-15(17)14-16-10-6-8-12-18(16)19/h3,5-12,14,17,19H,1,4,13H2,2H3. The minimum atomic E-state index is 0.215. The molecule has 0 spiro atoms. The lowest BCUT2D eigenvalue weighted by Crippen LogP contribution is -2.33. The Morgan fingerprint density at radius 1 is 1.29 bits per heavy atom. The topological polar surface area (TPSA) is 12.5 Å². The summed E-state index contributed by atoms with van der Waals surface area (Å²) in [5.41, 5.74) is 3.96. The third kappa shape index (κ3) is 2.78. The Hall–Kier alpha value is -1.90. The maximum Gasteiger partial charge on any atom is 0.0719 e. The molecular weight excluding hydrogens is 258 g/mol. The maximum absolute atomic E-state index is 5.90. The average Bonchev–Trinajstić information content (AvgIpc) is 2.52. The Kier molecular flexibility index (Phi) is 4.18. The van der Waals surface area contributed by atoms with Gasteiger partial charge in [0, 0.05) is 13.0 Å². The fourth-order valence-electron chi connectivity index (χ4n) is 3.07. The zero-order valence-corrected chi connectivity index (χ0v) is 12.4. The number of allylic oxidation sites excluding steroid dienone is 3. The van der Waals surface area contributed by atoms with Gasteiger partial charge in [0.2, 0.25) is 0 Å². The maximum atomic E-state index is 5.90. The van der Waals surface area contributed by atoms with E-state index in [2.05, 4.69) is 61.2 Å². The van der Waals surface area contributed by atoms with Crippen LogP contribution in [-0.4, -0.2) is 18.7 Å². The molecule has 0 radical (unpaired) electrons. The van der Waals surface area contributed by atoms with Crippen molar-refractivity contribution in [3.63, 3.8) is 0 Å². The van der Waals surface area contributed by atoms with Gasteiger partial charge < -0.3 is 0 Å². The van der Waals surface area contributed by atoms with Crippen LogP contribution in [-0.2, 0) is 4.84 Å². The molecule has 2 aliphatic rings. The predicted octanol–water partition coefficient (Wildman–Crippen LogP) is 4.31. The second kappa shape index (κ2) is 6.25. The third-order valence-corrected chi connectivity index (χ3v) is 4.09. The summed E-state index contributed by atoms with van der Waals surface area (Å²) in [4.78, 5) is 5.90. The van der Waals surface area contributed by atoms with Crippen molar-refractivity contribution >= 4 is 6.08 Å². The number of nitrogens with zero attached hydrogens (tertiary/aromatic N) is 1. The van der Waals surface area contributed by atoms with Crippen molar-refractivity contribution < 1.29 is 4.84 Å². The van der Waals surface area contributed by atoms with E-state index >= 15 is 0 Å². The Labute approximate surface area is 126 Å². The predicted molar refractivity (Wildman–Crippen MR) is 87.5 cm³/mol. The molecule has 21 heavy (non-hydrogen) atoms. The summed E-state index contributed by atoms with van der Waals surface area (Å²) in [6.07, 6.45) is 13.7. The molecule has 2 nitrogen and oxygen atoms in total. The largest absolute Gasteiger partial charge is 0.298 e. The number of hydrogen-bond donors (Lipinski definition) is 0. The Balaban J connectivity index is 1.93. The van der Waals surface area contributed by atoms with Crippen LogP contribution in [0.15, 0.2) is 66.8 Å². The summed E-state index contributed by atoms with van der Waals surface area (Å²) >= 11 is 0. The molecule has 0 saturated heterocycles. The normalized spacial score (nSPS) is 22.7. The molecule has 0 saturated carbocycles. The molecule has 0 fully saturated rings. The third-order valence-electron chi connectivity index (χ3n) is 4.09. The summed E-state index contributed by atoms with van der Waals surface area (Å²) in [7, 11) is 2.03. The lowest BCUT2D eigenvalue weighted by atomic mass is 9.77. The van der Waals surface area contributed by atoms with Crippen LogP contribution in [0.1, 0.15) is 23.6 Å².